The summed E-state index contributed by atoms with van der Waals surface area (Å²) >= 11 is 1.87. The maximum Gasteiger partial charge on any atom is 0.115 e. The molecule has 0 saturated carbocycles. The number of phenols is 1. The predicted octanol–water partition coefficient (Wildman–Crippen LogP) is 2.01. The van der Waals surface area contributed by atoms with Gasteiger partial charge in [0.15, 0.2) is 0 Å². The van der Waals surface area contributed by atoms with E-state index in [2.05, 4.69) is 0 Å². The first-order valence-corrected chi connectivity index (χ1v) is 5.93. The maximum absolute atomic E-state index is 9.40. The van der Waals surface area contributed by atoms with Gasteiger partial charge in [0.2, 0.25) is 0 Å². The zero-order chi connectivity index (χ0) is 9.97. The number of thioether (sulfide) groups is 1. The van der Waals surface area contributed by atoms with E-state index in [1.54, 1.807) is 6.07 Å². The summed E-state index contributed by atoms with van der Waals surface area (Å²) in [6.45, 7) is 0.746. The average Bonchev–Trinajstić information content (AvgIpc) is 2.38. The van der Waals surface area contributed by atoms with Crippen molar-refractivity contribution in [1.29, 1.82) is 0 Å². The molecule has 0 spiro atoms. The van der Waals surface area contributed by atoms with Crippen LogP contribution in [-0.2, 0) is 6.42 Å². The normalized spacial score (nSPS) is 21.4. The molecule has 0 aliphatic carbocycles. The third-order valence-corrected chi connectivity index (χ3v) is 3.82. The minimum absolute atomic E-state index is 0.363. The van der Waals surface area contributed by atoms with Gasteiger partial charge in [0.05, 0.1) is 0 Å². The predicted molar refractivity (Wildman–Crippen MR) is 59.7 cm³/mol. The average molecular weight is 209 g/mol. The highest BCUT2D eigenvalue weighted by Gasteiger charge is 2.16. The van der Waals surface area contributed by atoms with Crippen LogP contribution in [0.1, 0.15) is 12.0 Å². The van der Waals surface area contributed by atoms with E-state index in [-0.39, 0.29) is 0 Å². The van der Waals surface area contributed by atoms with Crippen molar-refractivity contribution in [2.45, 2.75) is 17.7 Å². The fourth-order valence-electron chi connectivity index (χ4n) is 1.82. The van der Waals surface area contributed by atoms with Gasteiger partial charge in [0.25, 0.3) is 0 Å². The summed E-state index contributed by atoms with van der Waals surface area (Å²) in [5.74, 6) is 2.08. The van der Waals surface area contributed by atoms with E-state index < -0.39 is 0 Å². The van der Waals surface area contributed by atoms with Gasteiger partial charge in [-0.25, -0.2) is 0 Å². The molecule has 3 heteroatoms. The molecule has 1 aromatic carbocycles. The van der Waals surface area contributed by atoms with Crippen LogP contribution in [0.3, 0.4) is 0 Å². The van der Waals surface area contributed by atoms with E-state index in [0.29, 0.717) is 11.7 Å². The van der Waals surface area contributed by atoms with Crippen LogP contribution in [-0.4, -0.2) is 17.4 Å². The Labute approximate surface area is 88.5 Å². The quantitative estimate of drug-likeness (QED) is 0.743. The Morgan fingerprint density at radius 2 is 2.36 bits per heavy atom. The molecular weight excluding hydrogens is 194 g/mol. The maximum atomic E-state index is 9.40. The van der Waals surface area contributed by atoms with Gasteiger partial charge < -0.3 is 10.8 Å². The summed E-state index contributed by atoms with van der Waals surface area (Å²) in [6.07, 6.45) is 2.18. The fraction of sp³-hybridized carbons (Fsp3) is 0.455. The molecule has 0 aromatic heterocycles. The highest BCUT2D eigenvalue weighted by molar-refractivity contribution is 7.99. The Balaban J connectivity index is 2.28. The molecule has 14 heavy (non-hydrogen) atoms. The molecule has 2 nitrogen and oxygen atoms in total. The molecular formula is C11H15NOS. The second kappa shape index (κ2) is 4.24. The topological polar surface area (TPSA) is 46.2 Å². The van der Waals surface area contributed by atoms with Gasteiger partial charge in [-0.15, -0.1) is 11.8 Å². The zero-order valence-electron chi connectivity index (χ0n) is 8.07. The number of hydrogen-bond acceptors (Lipinski definition) is 3. The number of aromatic hydroxyl groups is 1. The molecule has 1 aliphatic heterocycles. The second-order valence-corrected chi connectivity index (χ2v) is 4.87. The largest absolute Gasteiger partial charge is 0.508 e. The number of rotatable bonds is 1. The van der Waals surface area contributed by atoms with Crippen molar-refractivity contribution < 1.29 is 5.11 Å². The number of phenolic OH excluding ortho intramolecular Hbond substituents is 1. The summed E-state index contributed by atoms with van der Waals surface area (Å²) < 4.78 is 0. The lowest BCUT2D eigenvalue weighted by Crippen LogP contribution is -2.16. The molecule has 3 N–H and O–H groups in total. The van der Waals surface area contributed by atoms with Gasteiger partial charge in [-0.3, -0.25) is 0 Å². The van der Waals surface area contributed by atoms with E-state index in [0.717, 1.165) is 18.7 Å². The van der Waals surface area contributed by atoms with E-state index in [4.69, 9.17) is 5.73 Å². The number of nitrogens with two attached hydrogens (primary N) is 1. The first kappa shape index (κ1) is 9.87. The Morgan fingerprint density at radius 1 is 1.50 bits per heavy atom. The molecule has 0 saturated heterocycles. The Hall–Kier alpha value is -0.670. The molecule has 0 fully saturated rings. The minimum atomic E-state index is 0.363. The SMILES string of the molecule is NCC1CCSc2ccc(O)cc2C1. The molecule has 1 aliphatic rings. The molecule has 0 amide bonds. The van der Waals surface area contributed by atoms with Crippen LogP contribution in [0.4, 0.5) is 0 Å². The first-order valence-electron chi connectivity index (χ1n) is 4.94. The van der Waals surface area contributed by atoms with Crippen LogP contribution in [0.2, 0.25) is 0 Å². The lowest BCUT2D eigenvalue weighted by Gasteiger charge is -2.10. The second-order valence-electron chi connectivity index (χ2n) is 3.74. The van der Waals surface area contributed by atoms with Gasteiger partial charge in [-0.1, -0.05) is 0 Å². The lowest BCUT2D eigenvalue weighted by molar-refractivity contribution is 0.471. The molecule has 0 bridgehead atoms. The highest BCUT2D eigenvalue weighted by atomic mass is 32.2. The third-order valence-electron chi connectivity index (χ3n) is 2.67. The van der Waals surface area contributed by atoms with Gasteiger partial charge >= 0.3 is 0 Å². The van der Waals surface area contributed by atoms with E-state index in [1.807, 2.05) is 23.9 Å². The smallest absolute Gasteiger partial charge is 0.115 e. The van der Waals surface area contributed by atoms with Gasteiger partial charge in [-0.2, -0.15) is 0 Å². The van der Waals surface area contributed by atoms with Crippen LogP contribution in [0, 0.1) is 5.92 Å². The Morgan fingerprint density at radius 3 is 3.14 bits per heavy atom. The molecule has 1 unspecified atom stereocenters. The van der Waals surface area contributed by atoms with E-state index in [9.17, 15) is 5.11 Å². The minimum Gasteiger partial charge on any atom is -0.508 e. The van der Waals surface area contributed by atoms with Crippen LogP contribution in [0.15, 0.2) is 23.1 Å². The van der Waals surface area contributed by atoms with Gasteiger partial charge in [0.1, 0.15) is 5.75 Å². The number of hydrogen-bond donors (Lipinski definition) is 2. The van der Waals surface area contributed by atoms with Crippen molar-refractivity contribution in [2.75, 3.05) is 12.3 Å². The standard InChI is InChI=1S/C11H15NOS/c12-7-8-3-4-14-11-2-1-10(13)6-9(11)5-8/h1-2,6,8,13H,3-5,7,12H2. The van der Waals surface area contributed by atoms with E-state index >= 15 is 0 Å². The van der Waals surface area contributed by atoms with Crippen molar-refractivity contribution >= 4 is 11.8 Å². The summed E-state index contributed by atoms with van der Waals surface area (Å²) in [7, 11) is 0. The molecule has 1 heterocycles. The molecule has 0 radical (unpaired) electrons. The Bertz CT molecular complexity index is 327. The van der Waals surface area contributed by atoms with Crippen molar-refractivity contribution in [3.63, 3.8) is 0 Å². The van der Waals surface area contributed by atoms with E-state index in [1.165, 1.54) is 16.9 Å². The van der Waals surface area contributed by atoms with Crippen molar-refractivity contribution in [2.24, 2.45) is 11.7 Å². The summed E-state index contributed by atoms with van der Waals surface area (Å²) in [4.78, 5) is 1.30. The van der Waals surface area contributed by atoms with Gasteiger partial charge in [-0.05, 0) is 54.8 Å². The zero-order valence-corrected chi connectivity index (χ0v) is 8.89. The fourth-order valence-corrected chi connectivity index (χ4v) is 2.98. The highest BCUT2D eigenvalue weighted by Crippen LogP contribution is 2.32. The van der Waals surface area contributed by atoms with Gasteiger partial charge in [0, 0.05) is 4.90 Å². The number of fused-ring (bicyclic) bond motifs is 1. The van der Waals surface area contributed by atoms with Crippen LogP contribution >= 0.6 is 11.8 Å². The van der Waals surface area contributed by atoms with Crippen molar-refractivity contribution in [1.82, 2.24) is 0 Å². The monoisotopic (exact) mass is 209 g/mol. The third kappa shape index (κ3) is 2.04. The van der Waals surface area contributed by atoms with Crippen LogP contribution < -0.4 is 5.73 Å². The van der Waals surface area contributed by atoms with Crippen molar-refractivity contribution in [3.8, 4) is 5.75 Å². The lowest BCUT2D eigenvalue weighted by atomic mass is 9.97. The molecule has 1 aromatic rings. The van der Waals surface area contributed by atoms with Crippen LogP contribution in [0.25, 0.3) is 0 Å². The van der Waals surface area contributed by atoms with Crippen molar-refractivity contribution in [3.05, 3.63) is 23.8 Å². The summed E-state index contributed by atoms with van der Waals surface area (Å²) in [5.41, 5.74) is 6.95. The number of benzene rings is 1. The summed E-state index contributed by atoms with van der Waals surface area (Å²) in [6, 6.07) is 5.64. The molecule has 1 atom stereocenters. The molecule has 76 valence electrons. The Kier molecular flexibility index (Phi) is 2.99. The summed E-state index contributed by atoms with van der Waals surface area (Å²) in [5, 5.41) is 9.40. The van der Waals surface area contributed by atoms with Crippen LogP contribution in [0.5, 0.6) is 5.75 Å². The molecule has 2 rings (SSSR count). The first-order chi connectivity index (χ1) is 6.79.